The van der Waals surface area contributed by atoms with Crippen LogP contribution in [0.1, 0.15) is 5.56 Å². The Hall–Kier alpha value is -2.66. The molecule has 0 aromatic heterocycles. The number of ether oxygens (including phenoxy) is 1. The van der Waals surface area contributed by atoms with Gasteiger partial charge in [-0.2, -0.15) is 5.26 Å². The number of hydrogen-bond acceptors (Lipinski definition) is 5. The number of nitrogens with zero attached hydrogens (tertiary/aromatic N) is 3. The lowest BCUT2D eigenvalue weighted by Crippen LogP contribution is -2.43. The topological polar surface area (TPSA) is 108 Å². The largest absolute Gasteiger partial charge is 0.378 e. The number of hydrogen-bond donors (Lipinski definition) is 1. The van der Waals surface area contributed by atoms with Crippen LogP contribution in [0.25, 0.3) is 0 Å². The fraction of sp³-hybridized carbons (Fsp3) is 0.333. The molecule has 0 bridgehead atoms. The summed E-state index contributed by atoms with van der Waals surface area (Å²) in [6.45, 7) is 1.78. The number of carbonyl (C=O) groups excluding carboxylic acids is 1. The van der Waals surface area contributed by atoms with Crippen molar-refractivity contribution in [1.82, 2.24) is 4.90 Å². The van der Waals surface area contributed by atoms with Gasteiger partial charge in [0.2, 0.25) is 0 Å². The lowest BCUT2D eigenvalue weighted by Gasteiger charge is -2.26. The highest BCUT2D eigenvalue weighted by atomic mass is 16.6. The van der Waals surface area contributed by atoms with Crippen LogP contribution in [0.4, 0.5) is 16.2 Å². The van der Waals surface area contributed by atoms with Crippen molar-refractivity contribution >= 4 is 17.4 Å². The Morgan fingerprint density at radius 2 is 2.15 bits per heavy atom. The van der Waals surface area contributed by atoms with Gasteiger partial charge in [0.15, 0.2) is 0 Å². The number of nitro benzene ring substituents is 1. The van der Waals surface area contributed by atoms with Gasteiger partial charge in [-0.1, -0.05) is 0 Å². The van der Waals surface area contributed by atoms with E-state index in [2.05, 4.69) is 5.32 Å². The number of rotatable bonds is 2. The summed E-state index contributed by atoms with van der Waals surface area (Å²) in [4.78, 5) is 23.8. The molecule has 1 heterocycles. The Morgan fingerprint density at radius 3 is 2.75 bits per heavy atom. The summed E-state index contributed by atoms with van der Waals surface area (Å²) in [5.41, 5.74) is -0.0581. The highest BCUT2D eigenvalue weighted by molar-refractivity contribution is 5.92. The zero-order valence-electron chi connectivity index (χ0n) is 10.5. The monoisotopic (exact) mass is 276 g/mol. The van der Waals surface area contributed by atoms with Gasteiger partial charge in [-0.15, -0.1) is 0 Å². The Morgan fingerprint density at radius 1 is 1.45 bits per heavy atom. The van der Waals surface area contributed by atoms with Crippen molar-refractivity contribution in [1.29, 1.82) is 5.26 Å². The number of nitrogens with one attached hydrogen (secondary N) is 1. The second kappa shape index (κ2) is 5.99. The van der Waals surface area contributed by atoms with E-state index in [1.165, 1.54) is 17.0 Å². The predicted molar refractivity (Wildman–Crippen MR) is 69.2 cm³/mol. The standard InChI is InChI=1S/C12H12N4O4/c13-8-9-1-2-10(11(7-9)16(18)19)14-12(17)15-3-5-20-6-4-15/h1-2,7H,3-6H2,(H,14,17). The molecule has 8 heteroatoms. The van der Waals surface area contributed by atoms with Gasteiger partial charge in [-0.3, -0.25) is 10.1 Å². The lowest BCUT2D eigenvalue weighted by atomic mass is 10.2. The van der Waals surface area contributed by atoms with E-state index in [1.54, 1.807) is 0 Å². The summed E-state index contributed by atoms with van der Waals surface area (Å²) in [6, 6.07) is 5.32. The molecule has 1 fully saturated rings. The lowest BCUT2D eigenvalue weighted by molar-refractivity contribution is -0.383. The molecule has 0 aliphatic carbocycles. The van der Waals surface area contributed by atoms with Gasteiger partial charge >= 0.3 is 6.03 Å². The van der Waals surface area contributed by atoms with Crippen molar-refractivity contribution in [2.24, 2.45) is 0 Å². The molecule has 20 heavy (non-hydrogen) atoms. The number of morpholine rings is 1. The molecule has 1 N–H and O–H groups in total. The highest BCUT2D eigenvalue weighted by Crippen LogP contribution is 2.25. The molecule has 8 nitrogen and oxygen atoms in total. The zero-order valence-corrected chi connectivity index (χ0v) is 10.5. The van der Waals surface area contributed by atoms with E-state index >= 15 is 0 Å². The van der Waals surface area contributed by atoms with Crippen LogP contribution in [0, 0.1) is 21.4 Å². The third-order valence-electron chi connectivity index (χ3n) is 2.86. The van der Waals surface area contributed by atoms with Crippen molar-refractivity contribution in [3.05, 3.63) is 33.9 Å². The number of anilines is 1. The SMILES string of the molecule is N#Cc1ccc(NC(=O)N2CCOCC2)c([N+](=O)[O-])c1. The fourth-order valence-corrected chi connectivity index (χ4v) is 1.82. The van der Waals surface area contributed by atoms with E-state index in [0.717, 1.165) is 6.07 Å². The normalized spacial score (nSPS) is 14.4. The van der Waals surface area contributed by atoms with Crippen molar-refractivity contribution in [3.8, 4) is 6.07 Å². The minimum absolute atomic E-state index is 0.0745. The molecule has 0 unspecified atom stereocenters. The first kappa shape index (κ1) is 13.8. The Bertz CT molecular complexity index is 575. The molecule has 2 rings (SSSR count). The van der Waals surface area contributed by atoms with Gasteiger partial charge in [0.1, 0.15) is 5.69 Å². The van der Waals surface area contributed by atoms with Crippen molar-refractivity contribution in [3.63, 3.8) is 0 Å². The van der Waals surface area contributed by atoms with E-state index in [9.17, 15) is 14.9 Å². The highest BCUT2D eigenvalue weighted by Gasteiger charge is 2.21. The van der Waals surface area contributed by atoms with Crippen LogP contribution in [-0.2, 0) is 4.74 Å². The quantitative estimate of drug-likeness (QED) is 0.647. The van der Waals surface area contributed by atoms with E-state index in [4.69, 9.17) is 10.00 Å². The Balaban J connectivity index is 2.18. The van der Waals surface area contributed by atoms with Crippen LogP contribution < -0.4 is 5.32 Å². The van der Waals surface area contributed by atoms with Crippen LogP contribution in [0.3, 0.4) is 0 Å². The third-order valence-corrected chi connectivity index (χ3v) is 2.86. The molecule has 1 saturated heterocycles. The molecule has 1 aromatic carbocycles. The minimum atomic E-state index is -0.629. The van der Waals surface area contributed by atoms with Gasteiger partial charge in [0.05, 0.1) is 29.8 Å². The van der Waals surface area contributed by atoms with Gasteiger partial charge < -0.3 is 15.0 Å². The molecule has 1 aromatic rings. The number of urea groups is 1. The van der Waals surface area contributed by atoms with Crippen LogP contribution >= 0.6 is 0 Å². The summed E-state index contributed by atoms with van der Waals surface area (Å²) in [7, 11) is 0. The summed E-state index contributed by atoms with van der Waals surface area (Å²) >= 11 is 0. The van der Waals surface area contributed by atoms with Crippen molar-refractivity contribution < 1.29 is 14.5 Å². The fourth-order valence-electron chi connectivity index (χ4n) is 1.82. The molecule has 0 atom stereocenters. The Kier molecular flexibility index (Phi) is 4.12. The van der Waals surface area contributed by atoms with E-state index in [0.29, 0.717) is 26.3 Å². The predicted octanol–water partition coefficient (Wildman–Crippen LogP) is 1.33. The minimum Gasteiger partial charge on any atom is -0.378 e. The van der Waals surface area contributed by atoms with E-state index < -0.39 is 11.0 Å². The van der Waals surface area contributed by atoms with E-state index in [-0.39, 0.29) is 16.9 Å². The third kappa shape index (κ3) is 3.02. The van der Waals surface area contributed by atoms with Crippen molar-refractivity contribution in [2.45, 2.75) is 0 Å². The van der Waals surface area contributed by atoms with Gasteiger partial charge in [-0.25, -0.2) is 4.79 Å². The molecule has 104 valence electrons. The average molecular weight is 276 g/mol. The molecule has 0 radical (unpaired) electrons. The van der Waals surface area contributed by atoms with Crippen LogP contribution in [0.2, 0.25) is 0 Å². The van der Waals surface area contributed by atoms with E-state index in [1.807, 2.05) is 6.07 Å². The summed E-state index contributed by atoms with van der Waals surface area (Å²) in [6.07, 6.45) is 0. The summed E-state index contributed by atoms with van der Waals surface area (Å²) in [5.74, 6) is 0. The van der Waals surface area contributed by atoms with Crippen LogP contribution in [0.15, 0.2) is 18.2 Å². The van der Waals surface area contributed by atoms with Gasteiger partial charge in [0, 0.05) is 19.2 Å². The first-order chi connectivity index (χ1) is 9.61. The molecular weight excluding hydrogens is 264 g/mol. The molecule has 2 amide bonds. The molecule has 1 aliphatic rings. The average Bonchev–Trinajstić information content (AvgIpc) is 2.48. The number of amides is 2. The second-order valence-electron chi connectivity index (χ2n) is 4.13. The maximum atomic E-state index is 12.0. The van der Waals surface area contributed by atoms with Crippen LogP contribution in [-0.4, -0.2) is 42.2 Å². The number of nitro groups is 1. The maximum Gasteiger partial charge on any atom is 0.322 e. The maximum absolute atomic E-state index is 12.0. The second-order valence-corrected chi connectivity index (χ2v) is 4.13. The Labute approximate surface area is 114 Å². The number of nitriles is 1. The first-order valence-electron chi connectivity index (χ1n) is 5.94. The molecule has 0 spiro atoms. The summed E-state index contributed by atoms with van der Waals surface area (Å²) in [5, 5.41) is 22.2. The molecule has 0 saturated carbocycles. The van der Waals surface area contributed by atoms with Crippen LogP contribution in [0.5, 0.6) is 0 Å². The van der Waals surface area contributed by atoms with Gasteiger partial charge in [-0.05, 0) is 12.1 Å². The zero-order chi connectivity index (χ0) is 14.5. The summed E-state index contributed by atoms with van der Waals surface area (Å²) < 4.78 is 5.13. The molecule has 1 aliphatic heterocycles. The first-order valence-corrected chi connectivity index (χ1v) is 5.94. The number of carbonyl (C=O) groups is 1. The number of benzene rings is 1. The smallest absolute Gasteiger partial charge is 0.322 e. The van der Waals surface area contributed by atoms with Crippen molar-refractivity contribution in [2.75, 3.05) is 31.6 Å². The van der Waals surface area contributed by atoms with Gasteiger partial charge in [0.25, 0.3) is 5.69 Å². The molecular formula is C12H12N4O4.